The lowest BCUT2D eigenvalue weighted by Crippen LogP contribution is -2.34. The minimum atomic E-state index is -0.951. The molecule has 1 spiro atoms. The Morgan fingerprint density at radius 3 is 2.70 bits per heavy atom. The number of carbonyl (C=O) groups is 1. The molecule has 2 heterocycles. The maximum atomic E-state index is 13.2. The fraction of sp³-hybridized carbons (Fsp3) is 0.357. The summed E-state index contributed by atoms with van der Waals surface area (Å²) < 4.78 is 13.2. The van der Waals surface area contributed by atoms with E-state index in [9.17, 15) is 14.3 Å². The van der Waals surface area contributed by atoms with Crippen molar-refractivity contribution in [3.8, 4) is 11.1 Å². The molecule has 1 N–H and O–H groups in total. The van der Waals surface area contributed by atoms with Crippen LogP contribution in [0.4, 0.5) is 4.39 Å². The summed E-state index contributed by atoms with van der Waals surface area (Å²) >= 11 is 0. The maximum Gasteiger partial charge on any atom is 0.272 e. The lowest BCUT2D eigenvalue weighted by molar-refractivity contribution is 0.0412. The number of likely N-dealkylation sites (tertiary alicyclic amines) is 1. The highest BCUT2D eigenvalue weighted by atomic mass is 19.1. The van der Waals surface area contributed by atoms with Crippen LogP contribution in [0.5, 0.6) is 0 Å². The standard InChI is InChI=1S/C28H27FN2O2/c1-27(33)16-28(12-13-31(17-28)26(32)25-11-9-20(29)15-30-25)23-10-8-19(14-24(23)27)22-5-3-2-4-21(22)18-6-7-18/h2-5,8-11,14-15,18,33H,6-7,12-13,16-17H2,1H3. The molecule has 2 atom stereocenters. The number of halogens is 1. The Morgan fingerprint density at radius 1 is 1.12 bits per heavy atom. The van der Waals surface area contributed by atoms with E-state index in [1.165, 1.54) is 36.1 Å². The van der Waals surface area contributed by atoms with Crippen LogP contribution in [-0.4, -0.2) is 34.0 Å². The third-order valence-electron chi connectivity index (χ3n) is 7.73. The first-order valence-electron chi connectivity index (χ1n) is 11.7. The van der Waals surface area contributed by atoms with Crippen molar-refractivity contribution < 1.29 is 14.3 Å². The third kappa shape index (κ3) is 3.37. The molecule has 168 valence electrons. The predicted molar refractivity (Wildman–Crippen MR) is 124 cm³/mol. The number of nitrogens with zero attached hydrogens (tertiary/aromatic N) is 2. The number of hydrogen-bond acceptors (Lipinski definition) is 3. The van der Waals surface area contributed by atoms with Gasteiger partial charge in [-0.1, -0.05) is 36.4 Å². The molecule has 3 aliphatic rings. The highest BCUT2D eigenvalue weighted by Crippen LogP contribution is 2.54. The van der Waals surface area contributed by atoms with E-state index in [2.05, 4.69) is 47.4 Å². The number of pyridine rings is 1. The molecule has 2 aromatic carbocycles. The van der Waals surface area contributed by atoms with Crippen molar-refractivity contribution in [3.63, 3.8) is 0 Å². The van der Waals surface area contributed by atoms with E-state index in [4.69, 9.17) is 0 Å². The van der Waals surface area contributed by atoms with Gasteiger partial charge in [-0.05, 0) is 84.5 Å². The normalized spacial score (nSPS) is 26.1. The molecule has 1 saturated heterocycles. The molecule has 1 aliphatic heterocycles. The molecule has 4 nitrogen and oxygen atoms in total. The van der Waals surface area contributed by atoms with Crippen LogP contribution in [0.1, 0.15) is 65.7 Å². The van der Waals surface area contributed by atoms with Crippen molar-refractivity contribution in [2.24, 2.45) is 0 Å². The molecular formula is C28H27FN2O2. The van der Waals surface area contributed by atoms with Crippen LogP contribution in [0.3, 0.4) is 0 Å². The summed E-state index contributed by atoms with van der Waals surface area (Å²) in [5, 5.41) is 11.4. The summed E-state index contributed by atoms with van der Waals surface area (Å²) in [4.78, 5) is 18.8. The van der Waals surface area contributed by atoms with Gasteiger partial charge in [0.25, 0.3) is 5.91 Å². The van der Waals surface area contributed by atoms with Gasteiger partial charge < -0.3 is 10.0 Å². The lowest BCUT2D eigenvalue weighted by Gasteiger charge is -2.27. The van der Waals surface area contributed by atoms with E-state index in [1.807, 2.05) is 6.92 Å². The fourth-order valence-electron chi connectivity index (χ4n) is 6.05. The Kier molecular flexibility index (Phi) is 4.50. The highest BCUT2D eigenvalue weighted by molar-refractivity contribution is 5.92. The number of rotatable bonds is 3. The molecule has 1 saturated carbocycles. The minimum absolute atomic E-state index is 0.185. The molecule has 1 amide bonds. The van der Waals surface area contributed by atoms with Crippen molar-refractivity contribution in [3.05, 3.63) is 89.0 Å². The zero-order valence-corrected chi connectivity index (χ0v) is 18.7. The second-order valence-electron chi connectivity index (χ2n) is 10.2. The van der Waals surface area contributed by atoms with Crippen molar-refractivity contribution in [1.29, 1.82) is 0 Å². The molecule has 0 bridgehead atoms. The minimum Gasteiger partial charge on any atom is -0.385 e. The molecule has 2 fully saturated rings. The second-order valence-corrected chi connectivity index (χ2v) is 10.2. The Bertz CT molecular complexity index is 1250. The number of amides is 1. The smallest absolute Gasteiger partial charge is 0.272 e. The van der Waals surface area contributed by atoms with Crippen molar-refractivity contribution >= 4 is 5.91 Å². The van der Waals surface area contributed by atoms with Crippen LogP contribution >= 0.6 is 0 Å². The van der Waals surface area contributed by atoms with Crippen molar-refractivity contribution in [1.82, 2.24) is 9.88 Å². The van der Waals surface area contributed by atoms with Crippen LogP contribution in [0.25, 0.3) is 11.1 Å². The molecule has 2 aliphatic carbocycles. The number of hydrogen-bond donors (Lipinski definition) is 1. The Balaban J connectivity index is 1.34. The number of benzene rings is 2. The van der Waals surface area contributed by atoms with Gasteiger partial charge in [0, 0.05) is 18.5 Å². The van der Waals surface area contributed by atoms with Gasteiger partial charge in [-0.2, -0.15) is 0 Å². The van der Waals surface area contributed by atoms with Gasteiger partial charge >= 0.3 is 0 Å². The highest BCUT2D eigenvalue weighted by Gasteiger charge is 2.53. The van der Waals surface area contributed by atoms with Gasteiger partial charge in [0.15, 0.2) is 0 Å². The zero-order valence-electron chi connectivity index (χ0n) is 18.7. The molecule has 33 heavy (non-hydrogen) atoms. The molecule has 6 rings (SSSR count). The Morgan fingerprint density at radius 2 is 1.94 bits per heavy atom. The van der Waals surface area contributed by atoms with E-state index in [1.54, 1.807) is 4.90 Å². The Labute approximate surface area is 193 Å². The van der Waals surface area contributed by atoms with E-state index < -0.39 is 11.4 Å². The van der Waals surface area contributed by atoms with E-state index >= 15 is 0 Å². The average molecular weight is 443 g/mol. The zero-order chi connectivity index (χ0) is 22.8. The van der Waals surface area contributed by atoms with Crippen LogP contribution in [-0.2, 0) is 11.0 Å². The van der Waals surface area contributed by atoms with Gasteiger partial charge in [-0.3, -0.25) is 4.79 Å². The molecule has 1 aromatic heterocycles. The van der Waals surface area contributed by atoms with Gasteiger partial charge in [0.1, 0.15) is 11.5 Å². The van der Waals surface area contributed by atoms with Crippen LogP contribution in [0, 0.1) is 5.82 Å². The first-order chi connectivity index (χ1) is 15.9. The van der Waals surface area contributed by atoms with Crippen molar-refractivity contribution in [2.45, 2.75) is 49.5 Å². The van der Waals surface area contributed by atoms with Crippen LogP contribution < -0.4 is 0 Å². The molecular weight excluding hydrogens is 415 g/mol. The van der Waals surface area contributed by atoms with E-state index in [0.717, 1.165) is 29.3 Å². The number of carbonyl (C=O) groups excluding carboxylic acids is 1. The summed E-state index contributed by atoms with van der Waals surface area (Å²) in [5.74, 6) is 0.00926. The quantitative estimate of drug-likeness (QED) is 0.610. The van der Waals surface area contributed by atoms with E-state index in [-0.39, 0.29) is 17.0 Å². The maximum absolute atomic E-state index is 13.2. The number of aromatic nitrogens is 1. The van der Waals surface area contributed by atoms with Crippen LogP contribution in [0.2, 0.25) is 0 Å². The topological polar surface area (TPSA) is 53.4 Å². The SMILES string of the molecule is CC1(O)CC2(CCN(C(=O)c3ccc(F)cn3)C2)c2ccc(-c3ccccc3C3CC3)cc21. The first kappa shape index (κ1) is 20.5. The summed E-state index contributed by atoms with van der Waals surface area (Å²) in [5.41, 5.74) is 4.94. The van der Waals surface area contributed by atoms with Gasteiger partial charge in [0.05, 0.1) is 11.8 Å². The molecule has 0 radical (unpaired) electrons. The van der Waals surface area contributed by atoms with Gasteiger partial charge in [-0.15, -0.1) is 0 Å². The summed E-state index contributed by atoms with van der Waals surface area (Å²) in [6, 6.07) is 17.8. The fourth-order valence-corrected chi connectivity index (χ4v) is 6.05. The average Bonchev–Trinajstić information content (AvgIpc) is 3.54. The Hall–Kier alpha value is -3.05. The summed E-state index contributed by atoms with van der Waals surface area (Å²) in [6.45, 7) is 3.02. The third-order valence-corrected chi connectivity index (χ3v) is 7.73. The molecule has 2 unspecified atom stereocenters. The molecule has 5 heteroatoms. The van der Waals surface area contributed by atoms with Crippen molar-refractivity contribution in [2.75, 3.05) is 13.1 Å². The summed E-state index contributed by atoms with van der Waals surface area (Å²) in [6.07, 6.45) is 4.95. The summed E-state index contributed by atoms with van der Waals surface area (Å²) in [7, 11) is 0. The second kappa shape index (κ2) is 7.22. The van der Waals surface area contributed by atoms with Gasteiger partial charge in [0.2, 0.25) is 0 Å². The van der Waals surface area contributed by atoms with Crippen LogP contribution in [0.15, 0.2) is 60.8 Å². The van der Waals surface area contributed by atoms with Gasteiger partial charge in [-0.25, -0.2) is 9.37 Å². The number of fused-ring (bicyclic) bond motifs is 2. The lowest BCUT2D eigenvalue weighted by atomic mass is 9.80. The molecule has 3 aromatic rings. The van der Waals surface area contributed by atoms with E-state index in [0.29, 0.717) is 25.4 Å². The predicted octanol–water partition coefficient (Wildman–Crippen LogP) is 5.16. The monoisotopic (exact) mass is 442 g/mol. The number of aliphatic hydroxyl groups is 1. The largest absolute Gasteiger partial charge is 0.385 e. The first-order valence-corrected chi connectivity index (χ1v) is 11.7.